The molecule has 0 saturated carbocycles. The molecule has 1 heterocycles. The van der Waals surface area contributed by atoms with Gasteiger partial charge in [0.15, 0.2) is 5.58 Å². The fourth-order valence-electron chi connectivity index (χ4n) is 1.01. The van der Waals surface area contributed by atoms with E-state index in [1.807, 2.05) is 45.0 Å². The van der Waals surface area contributed by atoms with E-state index in [4.69, 9.17) is 4.52 Å². The number of nitrogens with zero attached hydrogens (tertiary/aromatic N) is 1. The van der Waals surface area contributed by atoms with Crippen molar-refractivity contribution in [3.8, 4) is 0 Å². The van der Waals surface area contributed by atoms with Gasteiger partial charge in [-0.25, -0.2) is 0 Å². The molecule has 84 valence electrons. The molecule has 0 radical (unpaired) electrons. The first-order valence-electron chi connectivity index (χ1n) is 5.60. The second-order valence-electron chi connectivity index (χ2n) is 2.97. The number of aromatic nitrogens is 1. The zero-order valence-electron chi connectivity index (χ0n) is 10.4. The van der Waals surface area contributed by atoms with Gasteiger partial charge in [-0.15, -0.1) is 0 Å². The Kier molecular flexibility index (Phi) is 7.33. The molecular weight excluding hydrogens is 186 g/mol. The number of para-hydroxylation sites is 1. The molecule has 1 aromatic carbocycles. The predicted octanol–water partition coefficient (Wildman–Crippen LogP) is 4.58. The number of fused-ring (bicyclic) bond motifs is 1. The number of hydrogen-bond acceptors (Lipinski definition) is 2. The summed E-state index contributed by atoms with van der Waals surface area (Å²) in [6.45, 7) is 10.2. The largest absolute Gasteiger partial charge is 0.356 e. The maximum Gasteiger partial charge on any atom is 0.167 e. The van der Waals surface area contributed by atoms with Crippen LogP contribution in [0.5, 0.6) is 0 Å². The minimum absolute atomic E-state index is 0.861. The maximum absolute atomic E-state index is 5.00. The van der Waals surface area contributed by atoms with Gasteiger partial charge in [0.25, 0.3) is 0 Å². The predicted molar refractivity (Wildman–Crippen MR) is 66.1 cm³/mol. The molecule has 2 heteroatoms. The van der Waals surface area contributed by atoms with Crippen molar-refractivity contribution in [3.05, 3.63) is 30.0 Å². The molecule has 0 aliphatic rings. The number of aryl methyl sites for hydroxylation is 1. The first-order valence-corrected chi connectivity index (χ1v) is 5.60. The van der Waals surface area contributed by atoms with Gasteiger partial charge in [-0.1, -0.05) is 51.4 Å². The number of benzene rings is 1. The minimum atomic E-state index is 0.861. The summed E-state index contributed by atoms with van der Waals surface area (Å²) in [6.07, 6.45) is 1.25. The molecule has 15 heavy (non-hydrogen) atoms. The molecule has 0 saturated heterocycles. The Balaban J connectivity index is 0.000000342. The van der Waals surface area contributed by atoms with Crippen LogP contribution in [0.15, 0.2) is 28.8 Å². The van der Waals surface area contributed by atoms with Crippen molar-refractivity contribution in [1.29, 1.82) is 0 Å². The normalized spacial score (nSPS) is 8.60. The molecule has 0 atom stereocenters. The average molecular weight is 207 g/mol. The van der Waals surface area contributed by atoms with E-state index in [1.54, 1.807) is 0 Å². The lowest BCUT2D eigenvalue weighted by molar-refractivity contribution is 0.450. The molecule has 0 bridgehead atoms. The van der Waals surface area contributed by atoms with Gasteiger partial charge in [0.05, 0.1) is 5.69 Å². The highest BCUT2D eigenvalue weighted by Gasteiger charge is 1.99. The Morgan fingerprint density at radius 2 is 1.67 bits per heavy atom. The lowest BCUT2D eigenvalue weighted by Crippen LogP contribution is -1.66. The number of rotatable bonds is 0. The van der Waals surface area contributed by atoms with E-state index in [-0.39, 0.29) is 0 Å². The highest BCUT2D eigenvalue weighted by Crippen LogP contribution is 2.15. The second-order valence-corrected chi connectivity index (χ2v) is 2.97. The quantitative estimate of drug-likeness (QED) is 0.632. The van der Waals surface area contributed by atoms with Crippen molar-refractivity contribution in [3.63, 3.8) is 0 Å². The average Bonchev–Trinajstić information content (AvgIpc) is 2.65. The van der Waals surface area contributed by atoms with E-state index >= 15 is 0 Å². The fraction of sp³-hybridized carbons (Fsp3) is 0.462. The molecular formula is C13H21NO. The summed E-state index contributed by atoms with van der Waals surface area (Å²) in [4.78, 5) is 0. The first kappa shape index (κ1) is 13.7. The Labute approximate surface area is 92.3 Å². The van der Waals surface area contributed by atoms with E-state index in [1.165, 1.54) is 6.42 Å². The van der Waals surface area contributed by atoms with Crippen LogP contribution in [0.25, 0.3) is 11.0 Å². The maximum atomic E-state index is 5.00. The van der Waals surface area contributed by atoms with Gasteiger partial charge in [-0.05, 0) is 19.1 Å². The lowest BCUT2D eigenvalue weighted by Gasteiger charge is -1.82. The molecule has 2 nitrogen and oxygen atoms in total. The monoisotopic (exact) mass is 207 g/mol. The van der Waals surface area contributed by atoms with Crippen molar-refractivity contribution in [2.45, 2.75) is 41.0 Å². The number of hydrogen-bond donors (Lipinski definition) is 0. The van der Waals surface area contributed by atoms with Crippen molar-refractivity contribution in [2.24, 2.45) is 0 Å². The Morgan fingerprint density at radius 1 is 1.13 bits per heavy atom. The van der Waals surface area contributed by atoms with Crippen LogP contribution in [0, 0.1) is 6.92 Å². The smallest absolute Gasteiger partial charge is 0.167 e. The van der Waals surface area contributed by atoms with Gasteiger partial charge in [0, 0.05) is 5.39 Å². The van der Waals surface area contributed by atoms with Gasteiger partial charge in [-0.2, -0.15) is 0 Å². The van der Waals surface area contributed by atoms with Gasteiger partial charge >= 0.3 is 0 Å². The first-order chi connectivity index (χ1) is 7.29. The van der Waals surface area contributed by atoms with Crippen LogP contribution in [-0.4, -0.2) is 5.16 Å². The molecule has 2 rings (SSSR count). The van der Waals surface area contributed by atoms with Crippen molar-refractivity contribution < 1.29 is 4.52 Å². The summed E-state index contributed by atoms with van der Waals surface area (Å²) in [6, 6.07) is 7.83. The fourth-order valence-corrected chi connectivity index (χ4v) is 1.01. The Bertz CT molecular complexity index is 365. The molecule has 0 aliphatic carbocycles. The van der Waals surface area contributed by atoms with Crippen LogP contribution in [0.4, 0.5) is 0 Å². The van der Waals surface area contributed by atoms with E-state index in [0.717, 1.165) is 16.7 Å². The molecule has 1 aromatic heterocycles. The van der Waals surface area contributed by atoms with Gasteiger partial charge < -0.3 is 4.52 Å². The van der Waals surface area contributed by atoms with Crippen LogP contribution in [0.2, 0.25) is 0 Å². The second kappa shape index (κ2) is 8.04. The summed E-state index contributed by atoms with van der Waals surface area (Å²) >= 11 is 0. The van der Waals surface area contributed by atoms with E-state index in [0.29, 0.717) is 0 Å². The standard InChI is InChI=1S/C8H7NO.C3H8.C2H6/c1-6-7-4-2-3-5-8(7)10-9-6;1-3-2;1-2/h2-5H,1H3;3H2,1-2H3;1-2H3. The van der Waals surface area contributed by atoms with E-state index in [9.17, 15) is 0 Å². The Morgan fingerprint density at radius 3 is 2.20 bits per heavy atom. The third kappa shape index (κ3) is 4.15. The molecule has 0 N–H and O–H groups in total. The SMILES string of the molecule is CC.CCC.Cc1noc2ccccc12. The third-order valence-corrected chi connectivity index (χ3v) is 1.56. The summed E-state index contributed by atoms with van der Waals surface area (Å²) in [7, 11) is 0. The van der Waals surface area contributed by atoms with Crippen molar-refractivity contribution >= 4 is 11.0 Å². The highest BCUT2D eigenvalue weighted by molar-refractivity contribution is 5.78. The van der Waals surface area contributed by atoms with E-state index < -0.39 is 0 Å². The van der Waals surface area contributed by atoms with Crippen molar-refractivity contribution in [1.82, 2.24) is 5.16 Å². The van der Waals surface area contributed by atoms with Gasteiger partial charge in [0.2, 0.25) is 0 Å². The zero-order chi connectivity index (χ0) is 11.7. The molecule has 0 unspecified atom stereocenters. The third-order valence-electron chi connectivity index (χ3n) is 1.56. The van der Waals surface area contributed by atoms with Crippen LogP contribution in [0.3, 0.4) is 0 Å². The molecule has 0 aliphatic heterocycles. The highest BCUT2D eigenvalue weighted by atomic mass is 16.5. The molecule has 0 amide bonds. The minimum Gasteiger partial charge on any atom is -0.356 e. The van der Waals surface area contributed by atoms with Crippen LogP contribution >= 0.6 is 0 Å². The topological polar surface area (TPSA) is 26.0 Å². The summed E-state index contributed by atoms with van der Waals surface area (Å²) in [5.41, 5.74) is 1.82. The summed E-state index contributed by atoms with van der Waals surface area (Å²) in [5.74, 6) is 0. The van der Waals surface area contributed by atoms with Crippen LogP contribution < -0.4 is 0 Å². The van der Waals surface area contributed by atoms with Crippen LogP contribution in [-0.2, 0) is 0 Å². The van der Waals surface area contributed by atoms with Crippen molar-refractivity contribution in [2.75, 3.05) is 0 Å². The zero-order valence-corrected chi connectivity index (χ0v) is 10.4. The summed E-state index contributed by atoms with van der Waals surface area (Å²) in [5, 5.41) is 4.92. The molecule has 0 fully saturated rings. The Hall–Kier alpha value is -1.31. The van der Waals surface area contributed by atoms with Gasteiger partial charge in [-0.3, -0.25) is 0 Å². The molecule has 0 spiro atoms. The van der Waals surface area contributed by atoms with Crippen LogP contribution in [0.1, 0.15) is 39.8 Å². The summed E-state index contributed by atoms with van der Waals surface area (Å²) < 4.78 is 5.00. The lowest BCUT2D eigenvalue weighted by atomic mass is 10.2. The molecule has 2 aromatic rings. The van der Waals surface area contributed by atoms with E-state index in [2.05, 4.69) is 19.0 Å². The van der Waals surface area contributed by atoms with Gasteiger partial charge in [0.1, 0.15) is 0 Å².